The van der Waals surface area contributed by atoms with Gasteiger partial charge in [-0.3, -0.25) is 9.88 Å². The molecular formula is C15H20N6. The molecule has 1 aliphatic heterocycles. The van der Waals surface area contributed by atoms with Crippen LogP contribution in [0.2, 0.25) is 0 Å². The maximum absolute atomic E-state index is 4.51. The Labute approximate surface area is 124 Å². The molecule has 1 fully saturated rings. The van der Waals surface area contributed by atoms with E-state index < -0.39 is 0 Å². The van der Waals surface area contributed by atoms with E-state index in [0.717, 1.165) is 44.1 Å². The molecule has 0 spiro atoms. The van der Waals surface area contributed by atoms with Gasteiger partial charge < -0.3 is 10.2 Å². The van der Waals surface area contributed by atoms with E-state index in [1.54, 1.807) is 18.5 Å². The summed E-state index contributed by atoms with van der Waals surface area (Å²) in [5, 5.41) is 3.14. The van der Waals surface area contributed by atoms with Crippen molar-refractivity contribution < 1.29 is 0 Å². The first-order chi connectivity index (χ1) is 10.3. The van der Waals surface area contributed by atoms with Crippen molar-refractivity contribution in [2.45, 2.75) is 6.54 Å². The van der Waals surface area contributed by atoms with E-state index in [4.69, 9.17) is 0 Å². The highest BCUT2D eigenvalue weighted by Gasteiger charge is 2.14. The van der Waals surface area contributed by atoms with Crippen molar-refractivity contribution in [3.05, 3.63) is 42.5 Å². The topological polar surface area (TPSA) is 57.2 Å². The molecule has 2 aromatic rings. The van der Waals surface area contributed by atoms with Crippen molar-refractivity contribution in [2.24, 2.45) is 0 Å². The molecule has 110 valence electrons. The van der Waals surface area contributed by atoms with Crippen LogP contribution in [0.5, 0.6) is 0 Å². The number of likely N-dealkylation sites (N-methyl/N-ethyl adjacent to an activating group) is 1. The predicted molar refractivity (Wildman–Crippen MR) is 82.3 cm³/mol. The first-order valence-electron chi connectivity index (χ1n) is 7.19. The zero-order valence-corrected chi connectivity index (χ0v) is 12.2. The van der Waals surface area contributed by atoms with E-state index in [9.17, 15) is 0 Å². The highest BCUT2D eigenvalue weighted by molar-refractivity contribution is 5.51. The predicted octanol–water partition coefficient (Wildman–Crippen LogP) is 1.36. The number of hydrogen-bond acceptors (Lipinski definition) is 6. The summed E-state index contributed by atoms with van der Waals surface area (Å²) in [7, 11) is 2.17. The van der Waals surface area contributed by atoms with Gasteiger partial charge in [-0.25, -0.2) is 9.97 Å². The summed E-state index contributed by atoms with van der Waals surface area (Å²) in [4.78, 5) is 17.6. The molecular weight excluding hydrogens is 264 g/mol. The summed E-state index contributed by atoms with van der Waals surface area (Å²) in [6.07, 6.45) is 5.26. The van der Waals surface area contributed by atoms with Crippen LogP contribution in [0.25, 0.3) is 0 Å². The van der Waals surface area contributed by atoms with Crippen LogP contribution in [-0.2, 0) is 6.54 Å². The van der Waals surface area contributed by atoms with Crippen LogP contribution in [0.15, 0.2) is 36.8 Å². The molecule has 3 heterocycles. The lowest BCUT2D eigenvalue weighted by Gasteiger charge is -2.32. The Morgan fingerprint density at radius 3 is 2.48 bits per heavy atom. The van der Waals surface area contributed by atoms with E-state index in [1.807, 2.05) is 12.3 Å². The Bertz CT molecular complexity index is 548. The van der Waals surface area contributed by atoms with Crippen molar-refractivity contribution in [1.82, 2.24) is 24.8 Å². The molecule has 1 aliphatic rings. The van der Waals surface area contributed by atoms with Crippen LogP contribution in [-0.4, -0.2) is 58.0 Å². The van der Waals surface area contributed by atoms with Gasteiger partial charge in [0.1, 0.15) is 0 Å². The summed E-state index contributed by atoms with van der Waals surface area (Å²) in [6, 6.07) is 5.88. The van der Waals surface area contributed by atoms with E-state index >= 15 is 0 Å². The van der Waals surface area contributed by atoms with Crippen LogP contribution in [0.4, 0.5) is 11.6 Å². The number of aromatic nitrogens is 3. The van der Waals surface area contributed by atoms with Crippen LogP contribution in [0.1, 0.15) is 5.69 Å². The summed E-state index contributed by atoms with van der Waals surface area (Å²) in [5.74, 6) is 0.589. The van der Waals surface area contributed by atoms with Crippen LogP contribution in [0.3, 0.4) is 0 Å². The lowest BCUT2D eigenvalue weighted by Crippen LogP contribution is -2.43. The van der Waals surface area contributed by atoms with Gasteiger partial charge >= 0.3 is 0 Å². The standard InChI is InChI=1S/C15H20N6/c1-20-7-9-21(10-8-20)12-14-4-3-13(11-18-14)19-15-16-5-2-6-17-15/h2-6,11H,7-10,12H2,1H3,(H,16,17,19). The van der Waals surface area contributed by atoms with Crippen molar-refractivity contribution in [3.63, 3.8) is 0 Å². The molecule has 0 bridgehead atoms. The highest BCUT2D eigenvalue weighted by atomic mass is 15.2. The van der Waals surface area contributed by atoms with Crippen molar-refractivity contribution in [3.8, 4) is 0 Å². The fourth-order valence-electron chi connectivity index (χ4n) is 2.32. The number of pyridine rings is 1. The maximum atomic E-state index is 4.51. The molecule has 1 saturated heterocycles. The molecule has 0 radical (unpaired) electrons. The number of nitrogens with zero attached hydrogens (tertiary/aromatic N) is 5. The monoisotopic (exact) mass is 284 g/mol. The molecule has 3 rings (SSSR count). The van der Waals surface area contributed by atoms with Crippen LogP contribution < -0.4 is 5.32 Å². The summed E-state index contributed by atoms with van der Waals surface area (Å²) in [6.45, 7) is 5.39. The van der Waals surface area contributed by atoms with E-state index in [2.05, 4.69) is 43.2 Å². The maximum Gasteiger partial charge on any atom is 0.227 e. The van der Waals surface area contributed by atoms with Crippen LogP contribution >= 0.6 is 0 Å². The highest BCUT2D eigenvalue weighted by Crippen LogP contribution is 2.12. The average Bonchev–Trinajstić information content (AvgIpc) is 2.53. The Hall–Kier alpha value is -2.05. The molecule has 0 amide bonds. The molecule has 1 N–H and O–H groups in total. The molecule has 0 aromatic carbocycles. The van der Waals surface area contributed by atoms with Gasteiger partial charge in [-0.2, -0.15) is 0 Å². The second-order valence-electron chi connectivity index (χ2n) is 5.32. The molecule has 0 unspecified atom stereocenters. The molecule has 21 heavy (non-hydrogen) atoms. The molecule has 0 aliphatic carbocycles. The number of nitrogens with one attached hydrogen (secondary N) is 1. The Balaban J connectivity index is 1.57. The van der Waals surface area contributed by atoms with Gasteiger partial charge in [0.25, 0.3) is 0 Å². The third-order valence-corrected chi connectivity index (χ3v) is 3.63. The molecule has 0 atom stereocenters. The third kappa shape index (κ3) is 3.96. The average molecular weight is 284 g/mol. The lowest BCUT2D eigenvalue weighted by atomic mass is 10.2. The molecule has 6 nitrogen and oxygen atoms in total. The number of anilines is 2. The van der Waals surface area contributed by atoms with Gasteiger partial charge in [-0.05, 0) is 25.2 Å². The van der Waals surface area contributed by atoms with Crippen molar-refractivity contribution >= 4 is 11.6 Å². The number of hydrogen-bond donors (Lipinski definition) is 1. The summed E-state index contributed by atoms with van der Waals surface area (Å²) < 4.78 is 0. The fraction of sp³-hybridized carbons (Fsp3) is 0.400. The van der Waals surface area contributed by atoms with Gasteiger partial charge in [0.2, 0.25) is 5.95 Å². The second-order valence-corrected chi connectivity index (χ2v) is 5.32. The minimum atomic E-state index is 0.589. The molecule has 0 saturated carbocycles. The van der Waals surface area contributed by atoms with E-state index in [-0.39, 0.29) is 0 Å². The van der Waals surface area contributed by atoms with E-state index in [1.165, 1.54) is 0 Å². The lowest BCUT2D eigenvalue weighted by molar-refractivity contribution is 0.147. The first-order valence-corrected chi connectivity index (χ1v) is 7.19. The smallest absolute Gasteiger partial charge is 0.227 e. The quantitative estimate of drug-likeness (QED) is 0.915. The Kier molecular flexibility index (Phi) is 4.37. The normalized spacial score (nSPS) is 16.8. The zero-order chi connectivity index (χ0) is 14.5. The van der Waals surface area contributed by atoms with Crippen LogP contribution in [0, 0.1) is 0 Å². The Morgan fingerprint density at radius 2 is 1.81 bits per heavy atom. The second kappa shape index (κ2) is 6.60. The van der Waals surface area contributed by atoms with Gasteiger partial charge in [0.15, 0.2) is 0 Å². The summed E-state index contributed by atoms with van der Waals surface area (Å²) in [5.41, 5.74) is 2.00. The third-order valence-electron chi connectivity index (χ3n) is 3.63. The van der Waals surface area contributed by atoms with Gasteiger partial charge in [-0.1, -0.05) is 0 Å². The van der Waals surface area contributed by atoms with Gasteiger partial charge in [0, 0.05) is 45.1 Å². The first kappa shape index (κ1) is 13.9. The molecule has 2 aromatic heterocycles. The van der Waals surface area contributed by atoms with E-state index in [0.29, 0.717) is 5.95 Å². The number of rotatable bonds is 4. The zero-order valence-electron chi connectivity index (χ0n) is 12.2. The fourth-order valence-corrected chi connectivity index (χ4v) is 2.32. The Morgan fingerprint density at radius 1 is 1.05 bits per heavy atom. The molecule has 6 heteroatoms. The SMILES string of the molecule is CN1CCN(Cc2ccc(Nc3ncccn3)cn2)CC1. The largest absolute Gasteiger partial charge is 0.323 e. The summed E-state index contributed by atoms with van der Waals surface area (Å²) >= 11 is 0. The number of piperazine rings is 1. The van der Waals surface area contributed by atoms with Gasteiger partial charge in [0.05, 0.1) is 17.6 Å². The minimum Gasteiger partial charge on any atom is -0.323 e. The van der Waals surface area contributed by atoms with Crippen molar-refractivity contribution in [2.75, 3.05) is 38.5 Å². The minimum absolute atomic E-state index is 0.589. The van der Waals surface area contributed by atoms with Crippen molar-refractivity contribution in [1.29, 1.82) is 0 Å². The van der Waals surface area contributed by atoms with Gasteiger partial charge in [-0.15, -0.1) is 0 Å².